The van der Waals surface area contributed by atoms with Gasteiger partial charge in [-0.15, -0.1) is 0 Å². The molecule has 7 heteroatoms. The van der Waals surface area contributed by atoms with Crippen LogP contribution in [0.2, 0.25) is 0 Å². The van der Waals surface area contributed by atoms with Gasteiger partial charge in [-0.25, -0.2) is 4.39 Å². The minimum Gasteiger partial charge on any atom is -0.383 e. The molecule has 21 heavy (non-hydrogen) atoms. The predicted octanol–water partition coefficient (Wildman–Crippen LogP) is 2.57. The van der Waals surface area contributed by atoms with Gasteiger partial charge in [-0.3, -0.25) is 4.90 Å². The lowest BCUT2D eigenvalue weighted by molar-refractivity contribution is -0.137. The number of alkyl halides is 3. The Labute approximate surface area is 120 Å². The molecule has 2 N–H and O–H groups in total. The summed E-state index contributed by atoms with van der Waals surface area (Å²) in [4.78, 5) is 1.93. The van der Waals surface area contributed by atoms with Crippen LogP contribution in [-0.2, 0) is 10.9 Å². The molecule has 0 aromatic heterocycles. The number of ether oxygens (including phenoxy) is 1. The number of nitrogens with zero attached hydrogens (tertiary/aromatic N) is 1. The number of likely N-dealkylation sites (tertiary alicyclic amines) is 1. The smallest absolute Gasteiger partial charge is 0.383 e. The second kappa shape index (κ2) is 6.29. The third-order valence-electron chi connectivity index (χ3n) is 3.72. The van der Waals surface area contributed by atoms with E-state index in [1.54, 1.807) is 7.11 Å². The summed E-state index contributed by atoms with van der Waals surface area (Å²) in [5.41, 5.74) is 5.28. The first-order valence-electron chi connectivity index (χ1n) is 6.69. The summed E-state index contributed by atoms with van der Waals surface area (Å²) in [6.45, 7) is 1.66. The summed E-state index contributed by atoms with van der Waals surface area (Å²) in [6, 6.07) is 1.88. The molecule has 3 nitrogen and oxygen atoms in total. The van der Waals surface area contributed by atoms with E-state index in [0.717, 1.165) is 12.1 Å². The minimum absolute atomic E-state index is 0.267. The monoisotopic (exact) mass is 306 g/mol. The summed E-state index contributed by atoms with van der Waals surface area (Å²) >= 11 is 0. The summed E-state index contributed by atoms with van der Waals surface area (Å²) in [7, 11) is 1.55. The molecule has 1 saturated heterocycles. The summed E-state index contributed by atoms with van der Waals surface area (Å²) < 4.78 is 56.9. The molecule has 2 rings (SSSR count). The summed E-state index contributed by atoms with van der Waals surface area (Å²) in [5, 5.41) is 0. The first-order chi connectivity index (χ1) is 9.82. The van der Waals surface area contributed by atoms with E-state index < -0.39 is 23.6 Å². The lowest BCUT2D eigenvalue weighted by atomic mass is 9.98. The molecule has 0 aliphatic carbocycles. The highest BCUT2D eigenvalue weighted by molar-refractivity contribution is 5.30. The van der Waals surface area contributed by atoms with Gasteiger partial charge in [0.15, 0.2) is 0 Å². The van der Waals surface area contributed by atoms with Crippen molar-refractivity contribution in [2.45, 2.75) is 24.7 Å². The van der Waals surface area contributed by atoms with Crippen LogP contribution in [0.1, 0.15) is 23.6 Å². The lowest BCUT2D eigenvalue weighted by Gasteiger charge is -2.27. The Bertz CT molecular complexity index is 492. The SMILES string of the molecule is COCCN1CCC(N)C1c1cc(F)cc(C(F)(F)F)c1. The average molecular weight is 306 g/mol. The van der Waals surface area contributed by atoms with Crippen LogP contribution in [0.4, 0.5) is 17.6 Å². The molecule has 118 valence electrons. The van der Waals surface area contributed by atoms with Gasteiger partial charge >= 0.3 is 6.18 Å². The van der Waals surface area contributed by atoms with Crippen molar-refractivity contribution in [1.29, 1.82) is 0 Å². The van der Waals surface area contributed by atoms with Crippen LogP contribution in [0.25, 0.3) is 0 Å². The van der Waals surface area contributed by atoms with Crippen molar-refractivity contribution >= 4 is 0 Å². The first-order valence-corrected chi connectivity index (χ1v) is 6.69. The molecule has 0 bridgehead atoms. The van der Waals surface area contributed by atoms with Gasteiger partial charge < -0.3 is 10.5 Å². The molecule has 0 amide bonds. The van der Waals surface area contributed by atoms with Crippen LogP contribution in [0.3, 0.4) is 0 Å². The molecule has 0 spiro atoms. The van der Waals surface area contributed by atoms with Crippen molar-refractivity contribution < 1.29 is 22.3 Å². The van der Waals surface area contributed by atoms with Crippen molar-refractivity contribution in [2.24, 2.45) is 5.73 Å². The Morgan fingerprint density at radius 1 is 1.33 bits per heavy atom. The zero-order valence-electron chi connectivity index (χ0n) is 11.7. The third-order valence-corrected chi connectivity index (χ3v) is 3.72. The molecule has 2 atom stereocenters. The van der Waals surface area contributed by atoms with Crippen LogP contribution >= 0.6 is 0 Å². The van der Waals surface area contributed by atoms with Gasteiger partial charge in [0.25, 0.3) is 0 Å². The molecule has 2 unspecified atom stereocenters. The molecule has 1 aliphatic heterocycles. The van der Waals surface area contributed by atoms with E-state index >= 15 is 0 Å². The van der Waals surface area contributed by atoms with Gasteiger partial charge in [0.2, 0.25) is 0 Å². The molecule has 1 aromatic carbocycles. The maximum Gasteiger partial charge on any atom is 0.416 e. The molecular formula is C14H18F4N2O. The molecule has 1 fully saturated rings. The Morgan fingerprint density at radius 3 is 2.67 bits per heavy atom. The normalized spacial score (nSPS) is 23.7. The topological polar surface area (TPSA) is 38.5 Å². The number of hydrogen-bond donors (Lipinski definition) is 1. The van der Waals surface area contributed by atoms with E-state index in [1.807, 2.05) is 4.90 Å². The average Bonchev–Trinajstić information content (AvgIpc) is 2.75. The van der Waals surface area contributed by atoms with Crippen LogP contribution in [0.15, 0.2) is 18.2 Å². The first kappa shape index (κ1) is 16.2. The Kier molecular flexibility index (Phi) is 4.85. The van der Waals surface area contributed by atoms with Crippen LogP contribution in [0, 0.1) is 5.82 Å². The van der Waals surface area contributed by atoms with Crippen molar-refractivity contribution in [3.63, 3.8) is 0 Å². The Morgan fingerprint density at radius 2 is 2.05 bits per heavy atom. The fraction of sp³-hybridized carbons (Fsp3) is 0.571. The van der Waals surface area contributed by atoms with E-state index in [4.69, 9.17) is 10.5 Å². The second-order valence-corrected chi connectivity index (χ2v) is 5.20. The van der Waals surface area contributed by atoms with Gasteiger partial charge in [0, 0.05) is 26.2 Å². The molecule has 0 saturated carbocycles. The van der Waals surface area contributed by atoms with Crippen molar-refractivity contribution in [3.8, 4) is 0 Å². The molecule has 1 aliphatic rings. The van der Waals surface area contributed by atoms with Crippen LogP contribution in [0.5, 0.6) is 0 Å². The maximum absolute atomic E-state index is 13.5. The second-order valence-electron chi connectivity index (χ2n) is 5.20. The van der Waals surface area contributed by atoms with Crippen LogP contribution < -0.4 is 5.73 Å². The van der Waals surface area contributed by atoms with E-state index in [-0.39, 0.29) is 11.6 Å². The third kappa shape index (κ3) is 3.72. The highest BCUT2D eigenvalue weighted by Gasteiger charge is 2.36. The number of hydrogen-bond acceptors (Lipinski definition) is 3. The predicted molar refractivity (Wildman–Crippen MR) is 70.2 cm³/mol. The van der Waals surface area contributed by atoms with E-state index in [9.17, 15) is 17.6 Å². The Hall–Kier alpha value is -1.18. The van der Waals surface area contributed by atoms with Gasteiger partial charge in [-0.05, 0) is 30.2 Å². The van der Waals surface area contributed by atoms with Gasteiger partial charge in [0.05, 0.1) is 18.2 Å². The summed E-state index contributed by atoms with van der Waals surface area (Å²) in [6.07, 6.45) is -3.91. The van der Waals surface area contributed by atoms with Gasteiger partial charge in [-0.1, -0.05) is 0 Å². The fourth-order valence-electron chi connectivity index (χ4n) is 2.75. The molecule has 1 aromatic rings. The Balaban J connectivity index is 2.32. The van der Waals surface area contributed by atoms with Crippen molar-refractivity contribution in [1.82, 2.24) is 4.90 Å². The van der Waals surface area contributed by atoms with Gasteiger partial charge in [-0.2, -0.15) is 13.2 Å². The summed E-state index contributed by atoms with van der Waals surface area (Å²) in [5.74, 6) is -0.898. The number of rotatable bonds is 4. The zero-order valence-corrected chi connectivity index (χ0v) is 11.7. The number of halogens is 4. The highest BCUT2D eigenvalue weighted by Crippen LogP contribution is 2.36. The maximum atomic E-state index is 13.5. The fourth-order valence-corrected chi connectivity index (χ4v) is 2.75. The zero-order chi connectivity index (χ0) is 15.6. The lowest BCUT2D eigenvalue weighted by Crippen LogP contribution is -2.34. The standard InChI is InChI=1S/C14H18F4N2O/c1-21-5-4-20-3-2-12(19)13(20)9-6-10(14(16,17)18)8-11(15)7-9/h6-8,12-13H,2-5,19H2,1H3. The quantitative estimate of drug-likeness (QED) is 0.869. The van der Waals surface area contributed by atoms with Crippen LogP contribution in [-0.4, -0.2) is 37.7 Å². The van der Waals surface area contributed by atoms with E-state index in [0.29, 0.717) is 32.2 Å². The number of benzene rings is 1. The largest absolute Gasteiger partial charge is 0.416 e. The minimum atomic E-state index is -4.57. The van der Waals surface area contributed by atoms with Crippen molar-refractivity contribution in [3.05, 3.63) is 35.1 Å². The highest BCUT2D eigenvalue weighted by atomic mass is 19.4. The number of nitrogens with two attached hydrogens (primary N) is 1. The molecule has 1 heterocycles. The van der Waals surface area contributed by atoms with E-state index in [2.05, 4.69) is 0 Å². The van der Waals surface area contributed by atoms with E-state index in [1.165, 1.54) is 0 Å². The molecule has 0 radical (unpaired) electrons. The van der Waals surface area contributed by atoms with Gasteiger partial charge in [0.1, 0.15) is 5.82 Å². The number of methoxy groups -OCH3 is 1. The van der Waals surface area contributed by atoms with Crippen molar-refractivity contribution in [2.75, 3.05) is 26.8 Å². The molecular weight excluding hydrogens is 288 g/mol.